The van der Waals surface area contributed by atoms with Crippen LogP contribution in [0.1, 0.15) is 0 Å². The Morgan fingerprint density at radius 3 is 2.12 bits per heavy atom. The van der Waals surface area contributed by atoms with Gasteiger partial charge in [0.25, 0.3) is 0 Å². The van der Waals surface area contributed by atoms with Crippen LogP contribution in [0.15, 0.2) is 0 Å². The van der Waals surface area contributed by atoms with Gasteiger partial charge in [-0.05, 0) is 0 Å². The van der Waals surface area contributed by atoms with Crippen LogP contribution in [0.25, 0.3) is 0 Å². The van der Waals surface area contributed by atoms with E-state index in [0.29, 0.717) is 0 Å². The predicted octanol–water partition coefficient (Wildman–Crippen LogP) is -5.91. The molecule has 1 unspecified atom stereocenters. The van der Waals surface area contributed by atoms with Crippen LogP contribution in [0.4, 0.5) is 0 Å². The molecule has 5 heteroatoms. The number of carboxylic acid groups (broad SMARTS) is 1. The molecule has 0 heterocycles. The number of hydrogen-bond donors (Lipinski definition) is 2. The Kier molecular flexibility index (Phi) is 6.98. The molecule has 0 rings (SSSR count). The van der Waals surface area contributed by atoms with E-state index in [2.05, 4.69) is 0 Å². The number of hydrogen-bond acceptors (Lipinski definition) is 4. The molecule has 0 spiro atoms. The number of aliphatic hydroxyl groups is 2. The molecule has 1 atom stereocenters. The summed E-state index contributed by atoms with van der Waals surface area (Å²) in [4.78, 5) is 9.41. The van der Waals surface area contributed by atoms with Gasteiger partial charge in [-0.3, -0.25) is 0 Å². The monoisotopic (exact) mass is 112 g/mol. The maximum atomic E-state index is 9.41. The second-order valence-corrected chi connectivity index (χ2v) is 1.02. The summed E-state index contributed by atoms with van der Waals surface area (Å²) in [6.07, 6.45) is -1.74. The largest absolute Gasteiger partial charge is 1.00 e. The quantitative estimate of drug-likeness (QED) is 0.348. The molecular weight excluding hydrogens is 107 g/mol. The van der Waals surface area contributed by atoms with E-state index < -0.39 is 18.7 Å². The van der Waals surface area contributed by atoms with Gasteiger partial charge >= 0.3 is 18.9 Å². The van der Waals surface area contributed by atoms with E-state index in [4.69, 9.17) is 10.2 Å². The first kappa shape index (κ1) is 10.9. The molecule has 2 N–H and O–H groups in total. The maximum Gasteiger partial charge on any atom is 1.00 e. The second kappa shape index (κ2) is 5.13. The Balaban J connectivity index is 0. The normalized spacial score (nSPS) is 11.8. The van der Waals surface area contributed by atoms with Crippen molar-refractivity contribution in [3.8, 4) is 0 Å². The standard InChI is InChI=1S/C3H6O4.Li/c4-1-2(5)3(6)7;/h2,4-5H,1H2,(H,6,7);/q;+1/p-1. The molecule has 4 nitrogen and oxygen atoms in total. The zero-order valence-corrected chi connectivity index (χ0v) is 4.50. The molecule has 0 aliphatic carbocycles. The number of carboxylic acids is 1. The Morgan fingerprint density at radius 1 is 1.75 bits per heavy atom. The Labute approximate surface area is 58.3 Å². The molecule has 0 saturated heterocycles. The van der Waals surface area contributed by atoms with E-state index in [1.807, 2.05) is 0 Å². The number of aliphatic carboxylic acids is 1. The van der Waals surface area contributed by atoms with Crippen LogP contribution in [0.5, 0.6) is 0 Å². The van der Waals surface area contributed by atoms with E-state index in [0.717, 1.165) is 0 Å². The van der Waals surface area contributed by atoms with E-state index in [1.54, 1.807) is 0 Å². The average Bonchev–Trinajstić information content (AvgIpc) is 1.65. The third-order valence-corrected chi connectivity index (χ3v) is 0.445. The minimum Gasteiger partial charge on any atom is -0.547 e. The van der Waals surface area contributed by atoms with Crippen LogP contribution in [0.3, 0.4) is 0 Å². The molecule has 0 fully saturated rings. The molecule has 0 aliphatic heterocycles. The van der Waals surface area contributed by atoms with Gasteiger partial charge in [0.1, 0.15) is 6.10 Å². The van der Waals surface area contributed by atoms with Gasteiger partial charge in [0, 0.05) is 0 Å². The summed E-state index contributed by atoms with van der Waals surface area (Å²) in [6, 6.07) is 0. The van der Waals surface area contributed by atoms with Crippen molar-refractivity contribution < 1.29 is 39.0 Å². The molecule has 0 radical (unpaired) electrons. The summed E-state index contributed by atoms with van der Waals surface area (Å²) in [6.45, 7) is -0.789. The zero-order chi connectivity index (χ0) is 5.86. The molecule has 0 aromatic heterocycles. The molecule has 42 valence electrons. The SMILES string of the molecule is O=C([O-])C(O)CO.[Li+]. The van der Waals surface area contributed by atoms with E-state index >= 15 is 0 Å². The first-order chi connectivity index (χ1) is 3.18. The van der Waals surface area contributed by atoms with Crippen molar-refractivity contribution in [3.63, 3.8) is 0 Å². The average molecular weight is 112 g/mol. The molecule has 0 amide bonds. The fraction of sp³-hybridized carbons (Fsp3) is 0.667. The molecule has 0 aromatic rings. The summed E-state index contributed by atoms with van der Waals surface area (Å²) in [5.41, 5.74) is 0. The van der Waals surface area contributed by atoms with Gasteiger partial charge in [-0.25, -0.2) is 0 Å². The zero-order valence-electron chi connectivity index (χ0n) is 4.50. The molecule has 0 saturated carbocycles. The number of carbonyl (C=O) groups excluding carboxylic acids is 1. The fourth-order valence-corrected chi connectivity index (χ4v) is 0.0745. The van der Waals surface area contributed by atoms with Crippen molar-refractivity contribution >= 4 is 5.97 Å². The van der Waals surface area contributed by atoms with Crippen LogP contribution in [-0.2, 0) is 4.79 Å². The van der Waals surface area contributed by atoms with Crippen molar-refractivity contribution in [3.05, 3.63) is 0 Å². The number of rotatable bonds is 2. The van der Waals surface area contributed by atoms with Gasteiger partial charge in [-0.1, -0.05) is 0 Å². The first-order valence-electron chi connectivity index (χ1n) is 1.68. The molecule has 0 aromatic carbocycles. The first-order valence-corrected chi connectivity index (χ1v) is 1.68. The van der Waals surface area contributed by atoms with Gasteiger partial charge in [0.15, 0.2) is 0 Å². The van der Waals surface area contributed by atoms with Crippen LogP contribution in [-0.4, -0.2) is 28.9 Å². The van der Waals surface area contributed by atoms with Gasteiger partial charge in [0.05, 0.1) is 12.6 Å². The van der Waals surface area contributed by atoms with Crippen LogP contribution >= 0.6 is 0 Å². The van der Waals surface area contributed by atoms with Crippen molar-refractivity contribution in [1.82, 2.24) is 0 Å². The molecule has 8 heavy (non-hydrogen) atoms. The summed E-state index contributed by atoms with van der Waals surface area (Å²) >= 11 is 0. The fourth-order valence-electron chi connectivity index (χ4n) is 0.0745. The summed E-state index contributed by atoms with van der Waals surface area (Å²) in [5, 5.41) is 25.3. The minimum atomic E-state index is -1.74. The van der Waals surface area contributed by atoms with E-state index in [1.165, 1.54) is 0 Å². The second-order valence-electron chi connectivity index (χ2n) is 1.02. The summed E-state index contributed by atoms with van der Waals surface area (Å²) < 4.78 is 0. The van der Waals surface area contributed by atoms with Crippen molar-refractivity contribution in [2.45, 2.75) is 6.10 Å². The Bertz CT molecular complexity index is 73.7. The van der Waals surface area contributed by atoms with Gasteiger partial charge < -0.3 is 20.1 Å². The van der Waals surface area contributed by atoms with Crippen molar-refractivity contribution in [2.75, 3.05) is 6.61 Å². The summed E-state index contributed by atoms with van der Waals surface area (Å²) in [5.74, 6) is -1.65. The molecule has 0 bridgehead atoms. The topological polar surface area (TPSA) is 80.6 Å². The van der Waals surface area contributed by atoms with E-state index in [-0.39, 0.29) is 18.9 Å². The number of aliphatic hydroxyl groups excluding tert-OH is 2. The van der Waals surface area contributed by atoms with Gasteiger partial charge in [-0.15, -0.1) is 0 Å². The third kappa shape index (κ3) is 4.15. The van der Waals surface area contributed by atoms with Gasteiger partial charge in [0.2, 0.25) is 0 Å². The third-order valence-electron chi connectivity index (χ3n) is 0.445. The Morgan fingerprint density at radius 2 is 2.12 bits per heavy atom. The molecular formula is C3H5LiO4. The maximum absolute atomic E-state index is 9.41. The number of carbonyl (C=O) groups is 1. The van der Waals surface area contributed by atoms with Crippen LogP contribution in [0, 0.1) is 0 Å². The van der Waals surface area contributed by atoms with Gasteiger partial charge in [-0.2, -0.15) is 0 Å². The molecule has 0 aliphatic rings. The van der Waals surface area contributed by atoms with Crippen molar-refractivity contribution in [2.24, 2.45) is 0 Å². The van der Waals surface area contributed by atoms with Crippen molar-refractivity contribution in [1.29, 1.82) is 0 Å². The van der Waals surface area contributed by atoms with Crippen LogP contribution < -0.4 is 24.0 Å². The Hall–Kier alpha value is -0.0126. The predicted molar refractivity (Wildman–Crippen MR) is 18.1 cm³/mol. The minimum absolute atomic E-state index is 0. The summed E-state index contributed by atoms with van der Waals surface area (Å²) in [7, 11) is 0. The van der Waals surface area contributed by atoms with Crippen LogP contribution in [0.2, 0.25) is 0 Å². The van der Waals surface area contributed by atoms with E-state index in [9.17, 15) is 9.90 Å². The smallest absolute Gasteiger partial charge is 0.547 e.